The third-order valence-electron chi connectivity index (χ3n) is 3.62. The second-order valence-electron chi connectivity index (χ2n) is 5.14. The van der Waals surface area contributed by atoms with Gasteiger partial charge in [-0.2, -0.15) is 0 Å². The lowest BCUT2D eigenvalue weighted by Gasteiger charge is -2.10. The zero-order valence-corrected chi connectivity index (χ0v) is 13.6. The van der Waals surface area contributed by atoms with Crippen LogP contribution in [-0.2, 0) is 14.1 Å². The predicted molar refractivity (Wildman–Crippen MR) is 89.5 cm³/mol. The first-order valence-electron chi connectivity index (χ1n) is 6.83. The van der Waals surface area contributed by atoms with Gasteiger partial charge in [0.15, 0.2) is 5.13 Å². The van der Waals surface area contributed by atoms with Crippen molar-refractivity contribution in [3.05, 3.63) is 50.9 Å². The molecule has 0 bridgehead atoms. The van der Waals surface area contributed by atoms with E-state index in [4.69, 9.17) is 5.73 Å². The summed E-state index contributed by atoms with van der Waals surface area (Å²) in [4.78, 5) is 28.8. The molecule has 0 saturated carbocycles. The first-order chi connectivity index (χ1) is 11.3. The molecule has 0 saturated heterocycles. The number of hydrogen-bond donors (Lipinski definition) is 2. The number of aromatic hydroxyl groups is 1. The minimum absolute atomic E-state index is 0.0758. The fraction of sp³-hybridized carbons (Fsp3) is 0.133. The van der Waals surface area contributed by atoms with Gasteiger partial charge in [0.25, 0.3) is 5.56 Å². The predicted octanol–water partition coefficient (Wildman–Crippen LogP) is 1.30. The summed E-state index contributed by atoms with van der Waals surface area (Å²) >= 11 is 1.00. The zero-order valence-electron chi connectivity index (χ0n) is 12.8. The SMILES string of the molecule is Cn1c(O)c(-c2sc(N)nc2-c2ccc(F)cc2)c(=O)n(C)c1=O. The van der Waals surface area contributed by atoms with Crippen LogP contribution < -0.4 is 17.0 Å². The molecule has 0 radical (unpaired) electrons. The van der Waals surface area contributed by atoms with Crippen LogP contribution in [0.15, 0.2) is 33.9 Å². The lowest BCUT2D eigenvalue weighted by molar-refractivity contribution is 0.415. The summed E-state index contributed by atoms with van der Waals surface area (Å²) in [5.74, 6) is -0.889. The maximum absolute atomic E-state index is 13.1. The van der Waals surface area contributed by atoms with Crippen LogP contribution in [0, 0.1) is 5.82 Å². The summed E-state index contributed by atoms with van der Waals surface area (Å²) in [7, 11) is 2.66. The van der Waals surface area contributed by atoms with E-state index in [2.05, 4.69) is 4.98 Å². The van der Waals surface area contributed by atoms with Crippen LogP contribution >= 0.6 is 11.3 Å². The summed E-state index contributed by atoms with van der Waals surface area (Å²) < 4.78 is 15.0. The van der Waals surface area contributed by atoms with Gasteiger partial charge < -0.3 is 10.8 Å². The van der Waals surface area contributed by atoms with E-state index in [-0.39, 0.29) is 10.7 Å². The molecule has 9 heteroatoms. The van der Waals surface area contributed by atoms with Crippen molar-refractivity contribution in [2.45, 2.75) is 0 Å². The third-order valence-corrected chi connectivity index (χ3v) is 4.52. The minimum Gasteiger partial charge on any atom is -0.494 e. The Bertz CT molecular complexity index is 1050. The highest BCUT2D eigenvalue weighted by atomic mass is 32.1. The van der Waals surface area contributed by atoms with E-state index in [1.165, 1.54) is 38.4 Å². The molecule has 0 aliphatic rings. The van der Waals surface area contributed by atoms with E-state index in [1.54, 1.807) is 0 Å². The van der Waals surface area contributed by atoms with E-state index in [1.807, 2.05) is 0 Å². The highest BCUT2D eigenvalue weighted by molar-refractivity contribution is 7.19. The van der Waals surface area contributed by atoms with Crippen molar-refractivity contribution in [3.8, 4) is 27.6 Å². The van der Waals surface area contributed by atoms with Crippen molar-refractivity contribution in [1.82, 2.24) is 14.1 Å². The summed E-state index contributed by atoms with van der Waals surface area (Å²) in [6.07, 6.45) is 0. The van der Waals surface area contributed by atoms with Crippen molar-refractivity contribution >= 4 is 16.5 Å². The molecule has 24 heavy (non-hydrogen) atoms. The van der Waals surface area contributed by atoms with Crippen molar-refractivity contribution in [3.63, 3.8) is 0 Å². The number of anilines is 1. The van der Waals surface area contributed by atoms with Crippen LogP contribution in [-0.4, -0.2) is 19.2 Å². The van der Waals surface area contributed by atoms with Gasteiger partial charge in [-0.05, 0) is 24.3 Å². The van der Waals surface area contributed by atoms with Gasteiger partial charge in [-0.15, -0.1) is 0 Å². The summed E-state index contributed by atoms with van der Waals surface area (Å²) in [5.41, 5.74) is 5.25. The smallest absolute Gasteiger partial charge is 0.333 e. The van der Waals surface area contributed by atoms with E-state index >= 15 is 0 Å². The summed E-state index contributed by atoms with van der Waals surface area (Å²) in [6.45, 7) is 0. The Morgan fingerprint density at radius 1 is 1.17 bits per heavy atom. The highest BCUT2D eigenvalue weighted by Crippen LogP contribution is 2.39. The van der Waals surface area contributed by atoms with Gasteiger partial charge in [-0.1, -0.05) is 11.3 Å². The molecule has 0 aliphatic heterocycles. The summed E-state index contributed by atoms with van der Waals surface area (Å²) in [6, 6.07) is 5.51. The monoisotopic (exact) mass is 348 g/mol. The van der Waals surface area contributed by atoms with Crippen molar-refractivity contribution in [2.75, 3.05) is 5.73 Å². The molecule has 1 aromatic carbocycles. The number of nitrogens with zero attached hydrogens (tertiary/aromatic N) is 3. The molecule has 124 valence electrons. The number of nitrogens with two attached hydrogens (primary N) is 1. The fourth-order valence-electron chi connectivity index (χ4n) is 2.34. The van der Waals surface area contributed by atoms with Crippen LogP contribution in [0.1, 0.15) is 0 Å². The van der Waals surface area contributed by atoms with E-state index in [0.29, 0.717) is 16.1 Å². The van der Waals surface area contributed by atoms with Gasteiger partial charge in [0.05, 0.1) is 10.6 Å². The van der Waals surface area contributed by atoms with Gasteiger partial charge in [0, 0.05) is 19.7 Å². The molecule has 0 fully saturated rings. The van der Waals surface area contributed by atoms with Crippen molar-refractivity contribution < 1.29 is 9.50 Å². The van der Waals surface area contributed by atoms with Gasteiger partial charge >= 0.3 is 5.69 Å². The highest BCUT2D eigenvalue weighted by Gasteiger charge is 2.23. The molecule has 7 nitrogen and oxygen atoms in total. The van der Waals surface area contributed by atoms with E-state index in [9.17, 15) is 19.1 Å². The number of nitrogen functional groups attached to an aromatic ring is 1. The van der Waals surface area contributed by atoms with Crippen LogP contribution in [0.25, 0.3) is 21.7 Å². The molecule has 0 spiro atoms. The van der Waals surface area contributed by atoms with Crippen LogP contribution in [0.3, 0.4) is 0 Å². The minimum atomic E-state index is -0.664. The molecule has 3 rings (SSSR count). The van der Waals surface area contributed by atoms with E-state index in [0.717, 1.165) is 20.5 Å². The summed E-state index contributed by atoms with van der Waals surface area (Å²) in [5, 5.41) is 10.5. The first-order valence-corrected chi connectivity index (χ1v) is 7.64. The van der Waals surface area contributed by atoms with Crippen LogP contribution in [0.4, 0.5) is 9.52 Å². The Hall–Kier alpha value is -2.94. The number of thiazole rings is 1. The second kappa shape index (κ2) is 5.60. The maximum Gasteiger partial charge on any atom is 0.333 e. The van der Waals surface area contributed by atoms with Gasteiger partial charge in [-0.25, -0.2) is 14.2 Å². The quantitative estimate of drug-likeness (QED) is 0.727. The van der Waals surface area contributed by atoms with Crippen molar-refractivity contribution in [2.24, 2.45) is 14.1 Å². The lowest BCUT2D eigenvalue weighted by atomic mass is 10.1. The fourth-order valence-corrected chi connectivity index (χ4v) is 3.23. The molecule has 0 aliphatic carbocycles. The Kier molecular flexibility index (Phi) is 3.72. The molecule has 3 aromatic rings. The third kappa shape index (κ3) is 2.38. The van der Waals surface area contributed by atoms with E-state index < -0.39 is 22.9 Å². The lowest BCUT2D eigenvalue weighted by Crippen LogP contribution is -2.37. The molecular formula is C15H13FN4O3S. The number of rotatable bonds is 2. The van der Waals surface area contributed by atoms with Crippen LogP contribution in [0.2, 0.25) is 0 Å². The number of aromatic nitrogens is 3. The van der Waals surface area contributed by atoms with Crippen molar-refractivity contribution in [1.29, 1.82) is 0 Å². The average Bonchev–Trinajstić information content (AvgIpc) is 2.93. The maximum atomic E-state index is 13.1. The second-order valence-corrected chi connectivity index (χ2v) is 6.17. The molecule has 2 aromatic heterocycles. The zero-order chi connectivity index (χ0) is 17.6. The van der Waals surface area contributed by atoms with Gasteiger partial charge in [0.2, 0.25) is 5.88 Å². The molecule has 3 N–H and O–H groups in total. The first kappa shape index (κ1) is 15.9. The molecular weight excluding hydrogens is 335 g/mol. The normalized spacial score (nSPS) is 11.0. The van der Waals surface area contributed by atoms with Gasteiger partial charge in [-0.3, -0.25) is 13.9 Å². The molecule has 0 amide bonds. The number of halogens is 1. The average molecular weight is 348 g/mol. The number of hydrogen-bond acceptors (Lipinski definition) is 6. The standard InChI is InChI=1S/C15H13FN4O3S/c1-19-12(21)9(13(22)20(2)15(19)23)11-10(18-14(17)24-11)7-3-5-8(16)6-4-7/h3-6,21H,1-2H3,(H2,17,18). The van der Waals surface area contributed by atoms with Gasteiger partial charge in [0.1, 0.15) is 11.4 Å². The number of benzene rings is 1. The van der Waals surface area contributed by atoms with Crippen LogP contribution in [0.5, 0.6) is 5.88 Å². The Labute approximate surface area is 139 Å². The molecule has 0 atom stereocenters. The Morgan fingerprint density at radius 3 is 2.42 bits per heavy atom. The molecule has 2 heterocycles. The molecule has 0 unspecified atom stereocenters. The Morgan fingerprint density at radius 2 is 1.79 bits per heavy atom. The largest absolute Gasteiger partial charge is 0.494 e. The topological polar surface area (TPSA) is 103 Å². The Balaban J connectivity index is 2.36.